The Balaban J connectivity index is 1.37. The van der Waals surface area contributed by atoms with Crippen LogP contribution in [0.25, 0.3) is 0 Å². The normalized spacial score (nSPS) is 28.2. The van der Waals surface area contributed by atoms with E-state index < -0.39 is 41.1 Å². The van der Waals surface area contributed by atoms with Gasteiger partial charge in [0.25, 0.3) is 5.91 Å². The lowest BCUT2D eigenvalue weighted by Gasteiger charge is -2.51. The second-order valence-electron chi connectivity index (χ2n) is 8.20. The highest BCUT2D eigenvalue weighted by molar-refractivity contribution is 8.21. The van der Waals surface area contributed by atoms with Gasteiger partial charge in [-0.15, -0.1) is 23.5 Å². The van der Waals surface area contributed by atoms with E-state index >= 15 is 0 Å². The average molecular weight is 460 g/mol. The molecule has 164 valence electrons. The van der Waals surface area contributed by atoms with E-state index in [-0.39, 0.29) is 10.00 Å². The van der Waals surface area contributed by atoms with Gasteiger partial charge in [-0.1, -0.05) is 6.42 Å². The number of rotatable bonds is 4. The number of esters is 1. The molecule has 9 heteroatoms. The number of carbonyl (C=O) groups excluding carboxylic acids is 2. The molecule has 1 unspecified atom stereocenters. The molecular formula is C21H24F3NO3S2. The second kappa shape index (κ2) is 8.65. The molecule has 1 aromatic rings. The van der Waals surface area contributed by atoms with E-state index in [4.69, 9.17) is 4.74 Å². The van der Waals surface area contributed by atoms with Crippen molar-refractivity contribution in [2.45, 2.75) is 49.2 Å². The summed E-state index contributed by atoms with van der Waals surface area (Å²) < 4.78 is 45.8. The molecule has 1 saturated heterocycles. The fourth-order valence-electron chi connectivity index (χ4n) is 4.98. The van der Waals surface area contributed by atoms with Crippen LogP contribution in [0, 0.1) is 35.2 Å². The van der Waals surface area contributed by atoms with Crippen molar-refractivity contribution in [3.05, 3.63) is 29.6 Å². The first-order valence-electron chi connectivity index (χ1n) is 10.2. The molecule has 0 radical (unpaired) electrons. The minimum Gasteiger partial charge on any atom is -0.452 e. The first-order valence-corrected chi connectivity index (χ1v) is 12.2. The summed E-state index contributed by atoms with van der Waals surface area (Å²) in [5, 5.41) is 2.16. The van der Waals surface area contributed by atoms with E-state index in [2.05, 4.69) is 5.32 Å². The molecule has 2 aliphatic carbocycles. The van der Waals surface area contributed by atoms with Crippen LogP contribution in [0.2, 0.25) is 0 Å². The van der Waals surface area contributed by atoms with Crippen LogP contribution in [0.5, 0.6) is 0 Å². The minimum atomic E-state index is -1.66. The fraction of sp³-hybridized carbons (Fsp3) is 0.619. The highest BCUT2D eigenvalue weighted by atomic mass is 32.2. The van der Waals surface area contributed by atoms with Gasteiger partial charge in [-0.25, -0.2) is 13.2 Å². The predicted octanol–water partition coefficient (Wildman–Crippen LogP) is 4.98. The van der Waals surface area contributed by atoms with Gasteiger partial charge in [-0.05, 0) is 56.6 Å². The highest BCUT2D eigenvalue weighted by Gasteiger charge is 2.55. The van der Waals surface area contributed by atoms with Gasteiger partial charge in [0.2, 0.25) is 0 Å². The van der Waals surface area contributed by atoms with Crippen molar-refractivity contribution < 1.29 is 27.5 Å². The summed E-state index contributed by atoms with van der Waals surface area (Å²) in [4.78, 5) is 25.1. The first-order chi connectivity index (χ1) is 14.3. The van der Waals surface area contributed by atoms with Crippen molar-refractivity contribution in [2.75, 3.05) is 16.8 Å². The van der Waals surface area contributed by atoms with E-state index in [0.717, 1.165) is 49.3 Å². The van der Waals surface area contributed by atoms with Crippen molar-refractivity contribution in [3.8, 4) is 0 Å². The third-order valence-corrected chi connectivity index (χ3v) is 10.4. The van der Waals surface area contributed by atoms with Crippen LogP contribution in [0.1, 0.15) is 39.0 Å². The lowest BCUT2D eigenvalue weighted by molar-refractivity contribution is -0.159. The van der Waals surface area contributed by atoms with Gasteiger partial charge >= 0.3 is 5.97 Å². The Kier molecular flexibility index (Phi) is 6.30. The Morgan fingerprint density at radius 3 is 2.37 bits per heavy atom. The summed E-state index contributed by atoms with van der Waals surface area (Å²) in [5.41, 5.74) is -0.494. The molecule has 2 saturated carbocycles. The summed E-state index contributed by atoms with van der Waals surface area (Å²) in [5.74, 6) is -2.68. The van der Waals surface area contributed by atoms with Crippen molar-refractivity contribution in [1.29, 1.82) is 0 Å². The standard InChI is InChI=1S/C21H24F3NO3S2/c1-11(19(26)25-16-6-5-15(22)17(23)18(16)24)28-20(27)12-9-13-3-2-4-14(10-12)21(13)29-7-8-30-21/h5-6,11-14H,2-4,7-10H2,1H3,(H,25,26)/t11-,12?,13-,14+/m0/s1. The lowest BCUT2D eigenvalue weighted by atomic mass is 9.67. The summed E-state index contributed by atoms with van der Waals surface area (Å²) in [6.45, 7) is 1.39. The molecule has 1 spiro atoms. The largest absolute Gasteiger partial charge is 0.452 e. The van der Waals surface area contributed by atoms with E-state index in [1.807, 2.05) is 23.5 Å². The summed E-state index contributed by atoms with van der Waals surface area (Å²) in [7, 11) is 0. The van der Waals surface area contributed by atoms with Crippen LogP contribution in [-0.2, 0) is 14.3 Å². The topological polar surface area (TPSA) is 55.4 Å². The smallest absolute Gasteiger partial charge is 0.309 e. The number of thioether (sulfide) groups is 2. The monoisotopic (exact) mass is 459 g/mol. The minimum absolute atomic E-state index is 0.238. The third-order valence-electron chi connectivity index (χ3n) is 6.41. The van der Waals surface area contributed by atoms with Gasteiger partial charge in [0.15, 0.2) is 23.6 Å². The maximum Gasteiger partial charge on any atom is 0.309 e. The fourth-order valence-corrected chi connectivity index (χ4v) is 8.92. The van der Waals surface area contributed by atoms with Crippen molar-refractivity contribution in [1.82, 2.24) is 0 Å². The zero-order valence-corrected chi connectivity index (χ0v) is 18.2. The Labute approximate surface area is 182 Å². The number of ether oxygens (including phenoxy) is 1. The SMILES string of the molecule is C[C@H](OC(=O)C1C[C@H]2CCC[C@@H](C1)C21SCCS1)C(=O)Nc1ccc(F)c(F)c1F. The molecular weight excluding hydrogens is 435 g/mol. The van der Waals surface area contributed by atoms with Crippen molar-refractivity contribution >= 4 is 41.1 Å². The average Bonchev–Trinajstić information content (AvgIpc) is 3.17. The van der Waals surface area contributed by atoms with Crippen LogP contribution in [0.4, 0.5) is 18.9 Å². The van der Waals surface area contributed by atoms with E-state index in [1.54, 1.807) is 0 Å². The molecule has 4 rings (SSSR count). The van der Waals surface area contributed by atoms with Crippen LogP contribution in [0.15, 0.2) is 12.1 Å². The Hall–Kier alpha value is -1.35. The molecule has 3 fully saturated rings. The molecule has 3 aliphatic rings. The zero-order valence-electron chi connectivity index (χ0n) is 16.6. The summed E-state index contributed by atoms with van der Waals surface area (Å²) in [6.07, 6.45) is 3.79. The third kappa shape index (κ3) is 3.95. The van der Waals surface area contributed by atoms with Crippen LogP contribution in [-0.4, -0.2) is 33.6 Å². The predicted molar refractivity (Wildman–Crippen MR) is 112 cm³/mol. The van der Waals surface area contributed by atoms with E-state index in [1.165, 1.54) is 13.3 Å². The Morgan fingerprint density at radius 1 is 1.10 bits per heavy atom. The van der Waals surface area contributed by atoms with Crippen molar-refractivity contribution in [2.24, 2.45) is 17.8 Å². The second-order valence-corrected chi connectivity index (χ2v) is 11.2. The van der Waals surface area contributed by atoms with Gasteiger partial charge in [-0.2, -0.15) is 0 Å². The zero-order chi connectivity index (χ0) is 21.5. The number of halogens is 3. The number of carbonyl (C=O) groups is 2. The molecule has 4 atom stereocenters. The molecule has 1 amide bonds. The van der Waals surface area contributed by atoms with Gasteiger partial charge in [0.1, 0.15) is 0 Å². The molecule has 30 heavy (non-hydrogen) atoms. The van der Waals surface area contributed by atoms with Crippen LogP contribution < -0.4 is 5.32 Å². The van der Waals surface area contributed by atoms with Gasteiger partial charge < -0.3 is 10.1 Å². The molecule has 1 aromatic carbocycles. The molecule has 2 bridgehead atoms. The number of anilines is 1. The molecule has 4 nitrogen and oxygen atoms in total. The summed E-state index contributed by atoms with van der Waals surface area (Å²) in [6, 6.07) is 1.65. The van der Waals surface area contributed by atoms with Crippen LogP contribution >= 0.6 is 23.5 Å². The van der Waals surface area contributed by atoms with Gasteiger partial charge in [-0.3, -0.25) is 9.59 Å². The highest BCUT2D eigenvalue weighted by Crippen LogP contribution is 2.64. The van der Waals surface area contributed by atoms with Crippen LogP contribution in [0.3, 0.4) is 0 Å². The first kappa shape index (κ1) is 21.9. The number of hydrogen-bond acceptors (Lipinski definition) is 5. The number of nitrogens with one attached hydrogen (secondary N) is 1. The maximum absolute atomic E-state index is 13.8. The van der Waals surface area contributed by atoms with E-state index in [0.29, 0.717) is 11.8 Å². The molecule has 1 N–H and O–H groups in total. The van der Waals surface area contributed by atoms with Gasteiger partial charge in [0.05, 0.1) is 15.7 Å². The molecule has 0 aromatic heterocycles. The summed E-state index contributed by atoms with van der Waals surface area (Å²) >= 11 is 4.10. The Morgan fingerprint density at radius 2 is 1.73 bits per heavy atom. The molecule has 1 heterocycles. The quantitative estimate of drug-likeness (QED) is 0.509. The van der Waals surface area contributed by atoms with E-state index in [9.17, 15) is 22.8 Å². The van der Waals surface area contributed by atoms with Crippen molar-refractivity contribution in [3.63, 3.8) is 0 Å². The number of hydrogen-bond donors (Lipinski definition) is 1. The lowest BCUT2D eigenvalue weighted by Crippen LogP contribution is -2.48. The number of benzene rings is 1. The number of amides is 1. The van der Waals surface area contributed by atoms with Gasteiger partial charge in [0, 0.05) is 11.5 Å². The Bertz CT molecular complexity index is 831. The molecule has 1 aliphatic heterocycles. The maximum atomic E-state index is 13.8.